The molecule has 0 fully saturated rings. The largest absolute Gasteiger partial charge is 0.353 e. The molecule has 4 aromatic heterocycles. The highest BCUT2D eigenvalue weighted by Crippen LogP contribution is 2.33. The molecule has 126 valence electrons. The van der Waals surface area contributed by atoms with Gasteiger partial charge >= 0.3 is 0 Å². The summed E-state index contributed by atoms with van der Waals surface area (Å²) < 4.78 is 1.90. The van der Waals surface area contributed by atoms with Gasteiger partial charge in [-0.2, -0.15) is 0 Å². The first-order chi connectivity index (χ1) is 12.7. The van der Waals surface area contributed by atoms with E-state index in [0.29, 0.717) is 0 Å². The molecule has 0 saturated carbocycles. The molecule has 26 heavy (non-hydrogen) atoms. The van der Waals surface area contributed by atoms with Gasteiger partial charge in [0.2, 0.25) is 0 Å². The fourth-order valence-corrected chi connectivity index (χ4v) is 3.17. The summed E-state index contributed by atoms with van der Waals surface area (Å²) in [5.41, 5.74) is 7.68. The molecule has 6 heteroatoms. The van der Waals surface area contributed by atoms with Crippen LogP contribution in [0.15, 0.2) is 55.2 Å². The summed E-state index contributed by atoms with van der Waals surface area (Å²) in [5.74, 6) is 0. The predicted molar refractivity (Wildman–Crippen MR) is 103 cm³/mol. The number of aromatic nitrogens is 5. The minimum atomic E-state index is 0.776. The molecule has 0 aliphatic rings. The Kier molecular flexibility index (Phi) is 3.12. The zero-order valence-electron chi connectivity index (χ0n) is 14.4. The quantitative estimate of drug-likeness (QED) is 0.522. The zero-order valence-corrected chi connectivity index (χ0v) is 14.4. The van der Waals surface area contributed by atoms with Crippen LogP contribution in [0.4, 0.5) is 11.4 Å². The van der Waals surface area contributed by atoms with E-state index in [1.54, 1.807) is 18.7 Å². The number of hydrogen-bond acceptors (Lipinski definition) is 5. The van der Waals surface area contributed by atoms with E-state index in [1.165, 1.54) is 11.1 Å². The van der Waals surface area contributed by atoms with Gasteiger partial charge in [0.05, 0.1) is 11.2 Å². The molecule has 0 bridgehead atoms. The Bertz CT molecular complexity index is 1290. The minimum absolute atomic E-state index is 0.776. The molecule has 0 atom stereocenters. The standard InChI is InChI=1S/C20H16N6/c1-12-3-4-14(9-13(12)2)23-18-15-10-21-7-5-16(15)24-20-19(18)25-17-6-8-22-11-26(17)20/h3-11H,1-2H3,(H,23,24). The first kappa shape index (κ1) is 14.8. The summed E-state index contributed by atoms with van der Waals surface area (Å²) in [5, 5.41) is 4.48. The van der Waals surface area contributed by atoms with Crippen molar-refractivity contribution in [1.29, 1.82) is 0 Å². The van der Waals surface area contributed by atoms with Crippen molar-refractivity contribution in [2.24, 2.45) is 0 Å². The zero-order chi connectivity index (χ0) is 17.7. The van der Waals surface area contributed by atoms with Crippen molar-refractivity contribution >= 4 is 39.1 Å². The first-order valence-corrected chi connectivity index (χ1v) is 8.40. The van der Waals surface area contributed by atoms with Crippen molar-refractivity contribution in [1.82, 2.24) is 24.3 Å². The Morgan fingerprint density at radius 1 is 0.923 bits per heavy atom. The molecule has 0 aliphatic heterocycles. The highest BCUT2D eigenvalue weighted by atomic mass is 15.1. The van der Waals surface area contributed by atoms with Crippen LogP contribution in [0.2, 0.25) is 0 Å². The van der Waals surface area contributed by atoms with E-state index < -0.39 is 0 Å². The maximum absolute atomic E-state index is 4.78. The fourth-order valence-electron chi connectivity index (χ4n) is 3.17. The van der Waals surface area contributed by atoms with Crippen LogP contribution in [-0.4, -0.2) is 24.3 Å². The molecular formula is C20H16N6. The van der Waals surface area contributed by atoms with Crippen LogP contribution in [0.3, 0.4) is 0 Å². The van der Waals surface area contributed by atoms with Gasteiger partial charge in [0.1, 0.15) is 17.5 Å². The molecular weight excluding hydrogens is 324 g/mol. The van der Waals surface area contributed by atoms with E-state index in [-0.39, 0.29) is 0 Å². The Morgan fingerprint density at radius 3 is 2.69 bits per heavy atom. The number of rotatable bonds is 2. The third-order valence-corrected chi connectivity index (χ3v) is 4.71. The molecule has 0 radical (unpaired) electrons. The van der Waals surface area contributed by atoms with Gasteiger partial charge in [-0.3, -0.25) is 9.38 Å². The molecule has 4 heterocycles. The first-order valence-electron chi connectivity index (χ1n) is 8.40. The second-order valence-corrected chi connectivity index (χ2v) is 6.40. The van der Waals surface area contributed by atoms with Crippen LogP contribution in [0.5, 0.6) is 0 Å². The molecule has 0 saturated heterocycles. The molecule has 6 nitrogen and oxygen atoms in total. The molecule has 0 aliphatic carbocycles. The van der Waals surface area contributed by atoms with E-state index in [1.807, 2.05) is 22.7 Å². The van der Waals surface area contributed by atoms with Crippen molar-refractivity contribution in [3.05, 3.63) is 66.4 Å². The van der Waals surface area contributed by atoms with Gasteiger partial charge in [-0.1, -0.05) is 6.07 Å². The highest BCUT2D eigenvalue weighted by Gasteiger charge is 2.15. The monoisotopic (exact) mass is 340 g/mol. The molecule has 1 aromatic carbocycles. The Labute approximate surface area is 149 Å². The Hall–Kier alpha value is -3.54. The number of pyridine rings is 2. The smallest absolute Gasteiger partial charge is 0.168 e. The van der Waals surface area contributed by atoms with Crippen molar-refractivity contribution < 1.29 is 0 Å². The lowest BCUT2D eigenvalue weighted by molar-refractivity contribution is 1.10. The second kappa shape index (κ2) is 5.49. The molecule has 5 rings (SSSR count). The van der Waals surface area contributed by atoms with Crippen LogP contribution in [0.25, 0.3) is 27.7 Å². The second-order valence-electron chi connectivity index (χ2n) is 6.40. The lowest BCUT2D eigenvalue weighted by atomic mass is 10.1. The van der Waals surface area contributed by atoms with Crippen LogP contribution >= 0.6 is 0 Å². The van der Waals surface area contributed by atoms with Crippen molar-refractivity contribution in [2.45, 2.75) is 13.8 Å². The minimum Gasteiger partial charge on any atom is -0.353 e. The number of aryl methyl sites for hydroxylation is 2. The van der Waals surface area contributed by atoms with Gasteiger partial charge in [-0.25, -0.2) is 15.0 Å². The Morgan fingerprint density at radius 2 is 1.81 bits per heavy atom. The third-order valence-electron chi connectivity index (χ3n) is 4.71. The topological polar surface area (TPSA) is 68.0 Å². The van der Waals surface area contributed by atoms with Crippen LogP contribution < -0.4 is 5.32 Å². The average Bonchev–Trinajstić information content (AvgIpc) is 3.03. The summed E-state index contributed by atoms with van der Waals surface area (Å²) in [6.45, 7) is 4.22. The van der Waals surface area contributed by atoms with Crippen LogP contribution in [0, 0.1) is 13.8 Å². The summed E-state index contributed by atoms with van der Waals surface area (Å²) in [6.07, 6.45) is 7.05. The van der Waals surface area contributed by atoms with E-state index in [2.05, 4.69) is 47.3 Å². The number of nitrogens with one attached hydrogen (secondary N) is 1. The van der Waals surface area contributed by atoms with Crippen LogP contribution in [0.1, 0.15) is 11.1 Å². The van der Waals surface area contributed by atoms with Gasteiger partial charge in [0.15, 0.2) is 5.65 Å². The summed E-state index contributed by atoms with van der Waals surface area (Å²) in [7, 11) is 0. The maximum atomic E-state index is 4.78. The molecule has 0 unspecified atom stereocenters. The molecule has 5 aromatic rings. The third kappa shape index (κ3) is 2.19. The number of nitrogens with zero attached hydrogens (tertiary/aromatic N) is 5. The van der Waals surface area contributed by atoms with Crippen molar-refractivity contribution in [3.8, 4) is 0 Å². The van der Waals surface area contributed by atoms with Gasteiger partial charge in [0, 0.05) is 29.7 Å². The van der Waals surface area contributed by atoms with Gasteiger partial charge in [-0.15, -0.1) is 0 Å². The molecule has 1 N–H and O–H groups in total. The van der Waals surface area contributed by atoms with E-state index in [4.69, 9.17) is 9.97 Å². The lowest BCUT2D eigenvalue weighted by Crippen LogP contribution is -1.97. The summed E-state index contributed by atoms with van der Waals surface area (Å²) in [6, 6.07) is 10.1. The number of fused-ring (bicyclic) bond motifs is 4. The van der Waals surface area contributed by atoms with Crippen molar-refractivity contribution in [2.75, 3.05) is 5.32 Å². The van der Waals surface area contributed by atoms with Gasteiger partial charge < -0.3 is 5.32 Å². The fraction of sp³-hybridized carbons (Fsp3) is 0.100. The average molecular weight is 340 g/mol. The maximum Gasteiger partial charge on any atom is 0.168 e. The number of benzene rings is 1. The lowest BCUT2D eigenvalue weighted by Gasteiger charge is -2.12. The predicted octanol–water partition coefficient (Wildman–Crippen LogP) is 4.19. The van der Waals surface area contributed by atoms with Gasteiger partial charge in [0.25, 0.3) is 0 Å². The van der Waals surface area contributed by atoms with Crippen LogP contribution in [-0.2, 0) is 0 Å². The molecule has 0 spiro atoms. The number of anilines is 2. The van der Waals surface area contributed by atoms with Gasteiger partial charge in [-0.05, 0) is 49.2 Å². The number of imidazole rings is 1. The molecule has 0 amide bonds. The Balaban J connectivity index is 1.83. The number of hydrogen-bond donors (Lipinski definition) is 1. The van der Waals surface area contributed by atoms with E-state index in [9.17, 15) is 0 Å². The summed E-state index contributed by atoms with van der Waals surface area (Å²) >= 11 is 0. The SMILES string of the molecule is Cc1ccc(Nc2c3cnccc3nc3c2nc2ccncn23)cc1C. The van der Waals surface area contributed by atoms with Crippen molar-refractivity contribution in [3.63, 3.8) is 0 Å². The summed E-state index contributed by atoms with van der Waals surface area (Å²) in [4.78, 5) is 18.0. The van der Waals surface area contributed by atoms with E-state index >= 15 is 0 Å². The highest BCUT2D eigenvalue weighted by molar-refractivity contribution is 6.06. The van der Waals surface area contributed by atoms with E-state index in [0.717, 1.165) is 39.1 Å². The normalized spacial score (nSPS) is 11.5.